The Morgan fingerprint density at radius 2 is 1.67 bits per heavy atom. The van der Waals surface area contributed by atoms with E-state index in [9.17, 15) is 14.0 Å². The zero-order valence-electron chi connectivity index (χ0n) is 24.8. The van der Waals surface area contributed by atoms with Crippen LogP contribution in [0.2, 0.25) is 10.0 Å². The SMILES string of the molecule is CC(C)C1=C(C(=O)N2[C@H](C)CC[C@H]2C(=O)N2CC(N)C(F)C2)SC2N[C@@](C)(c3ccc(Cl)cc3)[C@@H](c3ccc(Cl)cc3)N12. The highest BCUT2D eigenvalue weighted by Crippen LogP contribution is 2.56. The molecular weight excluding hydrogens is 608 g/mol. The Kier molecular flexibility index (Phi) is 8.26. The van der Waals surface area contributed by atoms with E-state index in [1.165, 1.54) is 16.7 Å². The molecule has 230 valence electrons. The quantitative estimate of drug-likeness (QED) is 0.438. The molecule has 3 fully saturated rings. The van der Waals surface area contributed by atoms with Gasteiger partial charge in [0.15, 0.2) is 0 Å². The zero-order chi connectivity index (χ0) is 30.8. The van der Waals surface area contributed by atoms with Crippen molar-refractivity contribution in [2.24, 2.45) is 11.7 Å². The molecule has 0 aliphatic carbocycles. The number of rotatable bonds is 5. The number of hydrogen-bond donors (Lipinski definition) is 2. The molecule has 0 aromatic heterocycles. The summed E-state index contributed by atoms with van der Waals surface area (Å²) in [6.45, 7) is 8.53. The van der Waals surface area contributed by atoms with Crippen LogP contribution >= 0.6 is 35.0 Å². The van der Waals surface area contributed by atoms with Gasteiger partial charge in [0, 0.05) is 28.3 Å². The molecule has 11 heteroatoms. The Morgan fingerprint density at radius 1 is 1.05 bits per heavy atom. The highest BCUT2D eigenvalue weighted by molar-refractivity contribution is 8.04. The van der Waals surface area contributed by atoms with Gasteiger partial charge in [-0.15, -0.1) is 0 Å². The van der Waals surface area contributed by atoms with Crippen molar-refractivity contribution in [3.8, 4) is 0 Å². The molecule has 0 spiro atoms. The molecule has 0 saturated carbocycles. The predicted molar refractivity (Wildman–Crippen MR) is 170 cm³/mol. The number of fused-ring (bicyclic) bond motifs is 1. The lowest BCUT2D eigenvalue weighted by Crippen LogP contribution is -2.50. The molecule has 43 heavy (non-hydrogen) atoms. The summed E-state index contributed by atoms with van der Waals surface area (Å²) in [5, 5.41) is 5.18. The number of nitrogens with one attached hydrogen (secondary N) is 1. The van der Waals surface area contributed by atoms with Crippen molar-refractivity contribution in [1.29, 1.82) is 0 Å². The number of amides is 2. The maximum absolute atomic E-state index is 14.5. The minimum atomic E-state index is -1.24. The first kappa shape index (κ1) is 30.7. The number of nitrogens with two attached hydrogens (primary N) is 1. The van der Waals surface area contributed by atoms with Gasteiger partial charge in [-0.25, -0.2) is 4.39 Å². The van der Waals surface area contributed by atoms with Gasteiger partial charge in [-0.3, -0.25) is 14.9 Å². The number of thioether (sulfide) groups is 1. The Hall–Kier alpha value is -2.30. The number of alkyl halides is 1. The van der Waals surface area contributed by atoms with Crippen LogP contribution in [0.3, 0.4) is 0 Å². The van der Waals surface area contributed by atoms with E-state index in [1.54, 1.807) is 4.90 Å². The highest BCUT2D eigenvalue weighted by Gasteiger charge is 2.57. The molecule has 6 rings (SSSR count). The molecule has 3 saturated heterocycles. The molecule has 4 aliphatic rings. The number of nitrogens with zero attached hydrogens (tertiary/aromatic N) is 3. The zero-order valence-corrected chi connectivity index (χ0v) is 27.1. The number of carbonyl (C=O) groups is 2. The first-order valence-corrected chi connectivity index (χ1v) is 16.5. The van der Waals surface area contributed by atoms with Crippen molar-refractivity contribution < 1.29 is 14.0 Å². The Morgan fingerprint density at radius 3 is 2.26 bits per heavy atom. The van der Waals surface area contributed by atoms with Crippen LogP contribution in [0.25, 0.3) is 0 Å². The Bertz CT molecular complexity index is 1430. The summed E-state index contributed by atoms with van der Waals surface area (Å²) in [4.78, 5) is 34.3. The summed E-state index contributed by atoms with van der Waals surface area (Å²) in [6, 6.07) is 14.2. The fourth-order valence-corrected chi connectivity index (χ4v) is 9.02. The van der Waals surface area contributed by atoms with Crippen LogP contribution in [-0.2, 0) is 15.1 Å². The molecule has 7 nitrogen and oxygen atoms in total. The largest absolute Gasteiger partial charge is 0.340 e. The van der Waals surface area contributed by atoms with E-state index in [1.807, 2.05) is 55.5 Å². The predicted octanol–water partition coefficient (Wildman–Crippen LogP) is 5.64. The van der Waals surface area contributed by atoms with Crippen molar-refractivity contribution in [1.82, 2.24) is 20.0 Å². The Labute approximate surface area is 266 Å². The summed E-state index contributed by atoms with van der Waals surface area (Å²) in [7, 11) is 0. The second-order valence-electron chi connectivity index (χ2n) is 12.6. The summed E-state index contributed by atoms with van der Waals surface area (Å²) in [6.07, 6.45) is 0.0193. The Balaban J connectivity index is 1.39. The number of allylic oxidation sites excluding steroid dienone is 1. The third-order valence-electron chi connectivity index (χ3n) is 9.40. The first-order valence-electron chi connectivity index (χ1n) is 14.9. The average Bonchev–Trinajstić information content (AvgIpc) is 3.70. The molecule has 0 radical (unpaired) electrons. The van der Waals surface area contributed by atoms with Crippen molar-refractivity contribution in [2.45, 2.75) is 81.9 Å². The second kappa shape index (κ2) is 11.6. The molecule has 3 unspecified atom stereocenters. The van der Waals surface area contributed by atoms with Crippen molar-refractivity contribution in [3.05, 3.63) is 80.3 Å². The summed E-state index contributed by atoms with van der Waals surface area (Å²) < 4.78 is 14.2. The summed E-state index contributed by atoms with van der Waals surface area (Å²) in [5.74, 6) is -0.330. The molecule has 4 heterocycles. The molecule has 2 aromatic rings. The molecule has 3 N–H and O–H groups in total. The smallest absolute Gasteiger partial charge is 0.263 e. The number of carbonyl (C=O) groups excluding carboxylic acids is 2. The third kappa shape index (κ3) is 5.25. The third-order valence-corrected chi connectivity index (χ3v) is 11.1. The molecule has 0 bridgehead atoms. The van der Waals surface area contributed by atoms with Crippen LogP contribution in [0.15, 0.2) is 59.1 Å². The van der Waals surface area contributed by atoms with Crippen LogP contribution < -0.4 is 11.1 Å². The molecule has 2 amide bonds. The van der Waals surface area contributed by atoms with E-state index in [0.717, 1.165) is 16.8 Å². The standard InChI is InChI=1S/C32H38Cl2FN5O2S/c1-17(2)26-27(30(42)39-18(3)5-14-25(39)29(41)38-15-23(35)24(36)16-38)43-31-37-32(4,20-8-12-22(34)13-9-20)28(40(26)31)19-6-10-21(33)11-7-19/h6-13,17-18,23-25,28,31,37H,5,14-16,36H2,1-4H3/t18-,23?,24?,25+,28-,31?,32+/m1/s1. The van der Waals surface area contributed by atoms with Gasteiger partial charge in [0.05, 0.1) is 29.1 Å². The lowest BCUT2D eigenvalue weighted by atomic mass is 9.81. The van der Waals surface area contributed by atoms with Crippen molar-refractivity contribution in [2.75, 3.05) is 13.1 Å². The van der Waals surface area contributed by atoms with Crippen LogP contribution in [0.1, 0.15) is 57.7 Å². The summed E-state index contributed by atoms with van der Waals surface area (Å²) >= 11 is 14.1. The average molecular weight is 647 g/mol. The minimum Gasteiger partial charge on any atom is -0.340 e. The number of halogens is 3. The lowest BCUT2D eigenvalue weighted by Gasteiger charge is -2.38. The molecular formula is C32H38Cl2FN5O2S. The number of hydrogen-bond acceptors (Lipinski definition) is 6. The van der Waals surface area contributed by atoms with E-state index in [4.69, 9.17) is 28.9 Å². The second-order valence-corrected chi connectivity index (χ2v) is 14.6. The number of benzene rings is 2. The van der Waals surface area contributed by atoms with E-state index >= 15 is 0 Å². The van der Waals surface area contributed by atoms with E-state index in [-0.39, 0.29) is 48.4 Å². The van der Waals surface area contributed by atoms with Gasteiger partial charge in [-0.1, -0.05) is 73.1 Å². The first-order chi connectivity index (χ1) is 20.4. The van der Waals surface area contributed by atoms with Crippen LogP contribution in [0.5, 0.6) is 0 Å². The fraction of sp³-hybridized carbons (Fsp3) is 0.500. The maximum Gasteiger partial charge on any atom is 0.263 e. The van der Waals surface area contributed by atoms with Gasteiger partial charge in [-0.05, 0) is 68.0 Å². The van der Waals surface area contributed by atoms with Gasteiger partial charge >= 0.3 is 0 Å². The van der Waals surface area contributed by atoms with E-state index in [0.29, 0.717) is 27.8 Å². The van der Waals surface area contributed by atoms with E-state index in [2.05, 4.69) is 31.0 Å². The van der Waals surface area contributed by atoms with Gasteiger partial charge in [-0.2, -0.15) is 0 Å². The van der Waals surface area contributed by atoms with Crippen LogP contribution in [0.4, 0.5) is 4.39 Å². The van der Waals surface area contributed by atoms with Crippen molar-refractivity contribution >= 4 is 46.8 Å². The maximum atomic E-state index is 14.5. The lowest BCUT2D eigenvalue weighted by molar-refractivity contribution is -0.142. The van der Waals surface area contributed by atoms with Gasteiger partial charge in [0.2, 0.25) is 5.91 Å². The summed E-state index contributed by atoms with van der Waals surface area (Å²) in [5.41, 5.74) is 8.25. The monoisotopic (exact) mass is 645 g/mol. The molecule has 7 atom stereocenters. The van der Waals surface area contributed by atoms with Gasteiger partial charge in [0.1, 0.15) is 17.7 Å². The fourth-order valence-electron chi connectivity index (χ4n) is 7.22. The van der Waals surface area contributed by atoms with Crippen molar-refractivity contribution in [3.63, 3.8) is 0 Å². The van der Waals surface area contributed by atoms with Gasteiger partial charge in [0.25, 0.3) is 5.91 Å². The normalized spacial score (nSPS) is 32.3. The van der Waals surface area contributed by atoms with Gasteiger partial charge < -0.3 is 20.4 Å². The topological polar surface area (TPSA) is 81.9 Å². The van der Waals surface area contributed by atoms with Crippen LogP contribution in [0, 0.1) is 5.92 Å². The van der Waals surface area contributed by atoms with E-state index < -0.39 is 23.8 Å². The number of likely N-dealkylation sites (tertiary alicyclic amines) is 2. The minimum absolute atomic E-state index is 0.0204. The molecule has 2 aromatic carbocycles. The molecule has 4 aliphatic heterocycles. The van der Waals surface area contributed by atoms with Crippen LogP contribution in [-0.4, -0.2) is 69.4 Å². The highest BCUT2D eigenvalue weighted by atomic mass is 35.5.